The Hall–Kier alpha value is -1.23. The number of rotatable bonds is 4. The van der Waals surface area contributed by atoms with E-state index in [9.17, 15) is 0 Å². The van der Waals surface area contributed by atoms with Gasteiger partial charge in [-0.1, -0.05) is 0 Å². The quantitative estimate of drug-likeness (QED) is 0.840. The summed E-state index contributed by atoms with van der Waals surface area (Å²) < 4.78 is 13.0. The molecule has 0 spiro atoms. The fourth-order valence-electron chi connectivity index (χ4n) is 1.89. The molecular formula is C11H19N3O2. The molecule has 0 saturated carbocycles. The lowest BCUT2D eigenvalue weighted by molar-refractivity contribution is 0.0647. The molecule has 1 atom stereocenters. The van der Waals surface area contributed by atoms with E-state index in [4.69, 9.17) is 15.2 Å². The number of aromatic nitrogens is 2. The minimum atomic E-state index is 0.208. The Labute approximate surface area is 95.5 Å². The van der Waals surface area contributed by atoms with Gasteiger partial charge >= 0.3 is 0 Å². The highest BCUT2D eigenvalue weighted by atomic mass is 16.5. The van der Waals surface area contributed by atoms with Gasteiger partial charge in [0.05, 0.1) is 11.8 Å². The van der Waals surface area contributed by atoms with Crippen LogP contribution in [0.2, 0.25) is 0 Å². The Morgan fingerprint density at radius 1 is 1.62 bits per heavy atom. The standard InChI is InChI=1S/C11H19N3O2/c1-3-14-11(10(12)8(2)13-14)16-7-9-5-4-6-15-9/h9H,3-7,12H2,1-2H3. The van der Waals surface area contributed by atoms with E-state index in [1.54, 1.807) is 4.68 Å². The van der Waals surface area contributed by atoms with Gasteiger partial charge in [0.2, 0.25) is 5.88 Å². The molecule has 90 valence electrons. The molecule has 0 amide bonds. The van der Waals surface area contributed by atoms with E-state index in [1.165, 1.54) is 0 Å². The summed E-state index contributed by atoms with van der Waals surface area (Å²) in [6, 6.07) is 0. The molecule has 0 bridgehead atoms. The van der Waals surface area contributed by atoms with Crippen LogP contribution in [0.15, 0.2) is 0 Å². The van der Waals surface area contributed by atoms with Crippen molar-refractivity contribution in [1.29, 1.82) is 0 Å². The smallest absolute Gasteiger partial charge is 0.236 e. The molecule has 1 aliphatic rings. The van der Waals surface area contributed by atoms with E-state index >= 15 is 0 Å². The predicted molar refractivity (Wildman–Crippen MR) is 61.5 cm³/mol. The normalized spacial score (nSPS) is 20.2. The van der Waals surface area contributed by atoms with Gasteiger partial charge in [-0.3, -0.25) is 0 Å². The monoisotopic (exact) mass is 225 g/mol. The van der Waals surface area contributed by atoms with Crippen LogP contribution in [-0.2, 0) is 11.3 Å². The molecule has 5 heteroatoms. The summed E-state index contributed by atoms with van der Waals surface area (Å²) in [4.78, 5) is 0. The van der Waals surface area contributed by atoms with Crippen LogP contribution in [0, 0.1) is 6.92 Å². The maximum Gasteiger partial charge on any atom is 0.236 e. The van der Waals surface area contributed by atoms with Crippen molar-refractivity contribution in [2.45, 2.75) is 39.3 Å². The van der Waals surface area contributed by atoms with Crippen molar-refractivity contribution in [2.75, 3.05) is 18.9 Å². The van der Waals surface area contributed by atoms with E-state index in [0.29, 0.717) is 18.2 Å². The Balaban J connectivity index is 2.01. The largest absolute Gasteiger partial charge is 0.474 e. The molecule has 5 nitrogen and oxygen atoms in total. The molecule has 2 heterocycles. The van der Waals surface area contributed by atoms with Crippen molar-refractivity contribution in [3.63, 3.8) is 0 Å². The number of nitrogens with zero attached hydrogens (tertiary/aromatic N) is 2. The lowest BCUT2D eigenvalue weighted by Crippen LogP contribution is -2.18. The summed E-state index contributed by atoms with van der Waals surface area (Å²) in [7, 11) is 0. The number of nitrogen functional groups attached to an aromatic ring is 1. The van der Waals surface area contributed by atoms with Gasteiger partial charge < -0.3 is 15.2 Å². The predicted octanol–water partition coefficient (Wildman–Crippen LogP) is 1.35. The zero-order valence-electron chi connectivity index (χ0n) is 9.90. The first kappa shape index (κ1) is 11.3. The maximum absolute atomic E-state index is 5.91. The molecule has 1 unspecified atom stereocenters. The molecule has 1 fully saturated rings. The summed E-state index contributed by atoms with van der Waals surface area (Å²) >= 11 is 0. The maximum atomic E-state index is 5.91. The van der Waals surface area contributed by atoms with Crippen molar-refractivity contribution in [1.82, 2.24) is 9.78 Å². The zero-order chi connectivity index (χ0) is 11.5. The fraction of sp³-hybridized carbons (Fsp3) is 0.727. The average molecular weight is 225 g/mol. The van der Waals surface area contributed by atoms with Crippen molar-refractivity contribution in [3.05, 3.63) is 5.69 Å². The Kier molecular flexibility index (Phi) is 3.33. The van der Waals surface area contributed by atoms with Gasteiger partial charge in [0.1, 0.15) is 12.3 Å². The van der Waals surface area contributed by atoms with Crippen molar-refractivity contribution in [2.24, 2.45) is 0 Å². The number of aryl methyl sites for hydroxylation is 2. The summed E-state index contributed by atoms with van der Waals surface area (Å²) in [6.07, 6.45) is 2.40. The van der Waals surface area contributed by atoms with Crippen LogP contribution < -0.4 is 10.5 Å². The van der Waals surface area contributed by atoms with E-state index in [-0.39, 0.29) is 6.10 Å². The molecule has 2 N–H and O–H groups in total. The van der Waals surface area contributed by atoms with Gasteiger partial charge in [0.15, 0.2) is 0 Å². The van der Waals surface area contributed by atoms with E-state index in [0.717, 1.165) is 31.7 Å². The number of ether oxygens (including phenoxy) is 2. The van der Waals surface area contributed by atoms with Gasteiger partial charge in [-0.2, -0.15) is 5.10 Å². The van der Waals surface area contributed by atoms with Crippen LogP contribution in [0.3, 0.4) is 0 Å². The number of hydrogen-bond acceptors (Lipinski definition) is 4. The van der Waals surface area contributed by atoms with Gasteiger partial charge in [0.25, 0.3) is 0 Å². The summed E-state index contributed by atoms with van der Waals surface area (Å²) in [5.74, 6) is 0.676. The van der Waals surface area contributed by atoms with Gasteiger partial charge in [-0.15, -0.1) is 0 Å². The second-order valence-electron chi connectivity index (χ2n) is 4.07. The van der Waals surface area contributed by atoms with Crippen LogP contribution in [0.5, 0.6) is 5.88 Å². The lowest BCUT2D eigenvalue weighted by atomic mass is 10.2. The molecule has 2 rings (SSSR count). The van der Waals surface area contributed by atoms with Gasteiger partial charge in [0, 0.05) is 13.2 Å². The third-order valence-corrected chi connectivity index (χ3v) is 2.85. The van der Waals surface area contributed by atoms with E-state index in [1.807, 2.05) is 13.8 Å². The SMILES string of the molecule is CCn1nc(C)c(N)c1OCC1CCCO1. The average Bonchev–Trinajstić information content (AvgIpc) is 2.87. The molecule has 1 aliphatic heterocycles. The third-order valence-electron chi connectivity index (χ3n) is 2.85. The topological polar surface area (TPSA) is 62.3 Å². The highest BCUT2D eigenvalue weighted by molar-refractivity contribution is 5.52. The van der Waals surface area contributed by atoms with Crippen LogP contribution in [0.1, 0.15) is 25.5 Å². The lowest BCUT2D eigenvalue weighted by Gasteiger charge is -2.12. The summed E-state index contributed by atoms with van der Waals surface area (Å²) in [6.45, 7) is 6.08. The molecule has 16 heavy (non-hydrogen) atoms. The van der Waals surface area contributed by atoms with Crippen molar-refractivity contribution >= 4 is 5.69 Å². The molecule has 1 aromatic heterocycles. The number of hydrogen-bond donors (Lipinski definition) is 1. The minimum Gasteiger partial charge on any atom is -0.474 e. The highest BCUT2D eigenvalue weighted by Crippen LogP contribution is 2.25. The van der Waals surface area contributed by atoms with Crippen LogP contribution >= 0.6 is 0 Å². The molecule has 0 aliphatic carbocycles. The third kappa shape index (κ3) is 2.14. The first-order chi connectivity index (χ1) is 7.72. The first-order valence-electron chi connectivity index (χ1n) is 5.79. The Morgan fingerprint density at radius 2 is 2.44 bits per heavy atom. The Bertz CT molecular complexity index is 356. The number of nitrogens with two attached hydrogens (primary N) is 1. The second-order valence-corrected chi connectivity index (χ2v) is 4.07. The number of anilines is 1. The van der Waals surface area contributed by atoms with E-state index < -0.39 is 0 Å². The molecule has 0 radical (unpaired) electrons. The molecule has 0 aromatic carbocycles. The second kappa shape index (κ2) is 4.74. The zero-order valence-corrected chi connectivity index (χ0v) is 9.90. The minimum absolute atomic E-state index is 0.208. The van der Waals surface area contributed by atoms with Gasteiger partial charge in [-0.25, -0.2) is 4.68 Å². The van der Waals surface area contributed by atoms with Crippen LogP contribution in [-0.4, -0.2) is 29.1 Å². The summed E-state index contributed by atoms with van der Waals surface area (Å²) in [5.41, 5.74) is 7.38. The fourth-order valence-corrected chi connectivity index (χ4v) is 1.89. The van der Waals surface area contributed by atoms with Gasteiger partial charge in [-0.05, 0) is 26.7 Å². The highest BCUT2D eigenvalue weighted by Gasteiger charge is 2.19. The molecule has 1 aromatic rings. The molecular weight excluding hydrogens is 206 g/mol. The van der Waals surface area contributed by atoms with Crippen LogP contribution in [0.4, 0.5) is 5.69 Å². The Morgan fingerprint density at radius 3 is 3.06 bits per heavy atom. The molecule has 1 saturated heterocycles. The van der Waals surface area contributed by atoms with Crippen molar-refractivity contribution < 1.29 is 9.47 Å². The summed E-state index contributed by atoms with van der Waals surface area (Å²) in [5, 5.41) is 4.30. The first-order valence-corrected chi connectivity index (χ1v) is 5.79. The van der Waals surface area contributed by atoms with E-state index in [2.05, 4.69) is 5.10 Å². The van der Waals surface area contributed by atoms with Crippen LogP contribution in [0.25, 0.3) is 0 Å². The van der Waals surface area contributed by atoms with Crippen molar-refractivity contribution in [3.8, 4) is 5.88 Å².